The summed E-state index contributed by atoms with van der Waals surface area (Å²) in [5.41, 5.74) is 0.692. The molecule has 0 heterocycles. The fraction of sp³-hybridized carbons (Fsp3) is 0.222. The Kier molecular flexibility index (Phi) is 2.60. The maximum atomic E-state index is 12.7. The molecule has 1 aromatic carbocycles. The van der Waals surface area contributed by atoms with Crippen molar-refractivity contribution in [3.05, 3.63) is 35.4 Å². The number of benzene rings is 1. The number of alkyl halides is 2. The first-order valence-corrected chi connectivity index (χ1v) is 3.75. The summed E-state index contributed by atoms with van der Waals surface area (Å²) in [6.45, 7) is 0.860. The third-order valence-corrected chi connectivity index (χ3v) is 1.64. The van der Waals surface area contributed by atoms with Crippen molar-refractivity contribution in [1.29, 1.82) is 0 Å². The average Bonchev–Trinajstić information content (AvgIpc) is 2.04. The summed E-state index contributed by atoms with van der Waals surface area (Å²) in [5, 5.41) is 3.29. The minimum absolute atomic E-state index is 0.0123. The van der Waals surface area contributed by atoms with Crippen LogP contribution in [0, 0.1) is 0 Å². The molecule has 0 fully saturated rings. The molecule has 0 radical (unpaired) electrons. The van der Waals surface area contributed by atoms with Crippen molar-refractivity contribution in [1.82, 2.24) is 0 Å². The quantitative estimate of drug-likeness (QED) is 0.426. The second-order valence-electron chi connectivity index (χ2n) is 2.79. The lowest BCUT2D eigenvalue weighted by atomic mass is 10.1. The SMILES string of the molecule is CC(F)(F)c1ccc(C=NN)cc1. The van der Waals surface area contributed by atoms with E-state index in [1.165, 1.54) is 18.3 Å². The lowest BCUT2D eigenvalue weighted by Crippen LogP contribution is -2.06. The van der Waals surface area contributed by atoms with Crippen LogP contribution in [0.4, 0.5) is 8.78 Å². The van der Waals surface area contributed by atoms with Crippen LogP contribution in [0.5, 0.6) is 0 Å². The van der Waals surface area contributed by atoms with Crippen LogP contribution in [0.3, 0.4) is 0 Å². The van der Waals surface area contributed by atoms with Gasteiger partial charge in [0.1, 0.15) is 0 Å². The maximum Gasteiger partial charge on any atom is 0.270 e. The van der Waals surface area contributed by atoms with Crippen molar-refractivity contribution < 1.29 is 8.78 Å². The zero-order valence-corrected chi connectivity index (χ0v) is 7.17. The Bertz CT molecular complexity index is 298. The van der Waals surface area contributed by atoms with E-state index in [0.29, 0.717) is 5.56 Å². The van der Waals surface area contributed by atoms with Crippen LogP contribution >= 0.6 is 0 Å². The molecule has 0 saturated carbocycles. The second-order valence-corrected chi connectivity index (χ2v) is 2.79. The van der Waals surface area contributed by atoms with E-state index in [4.69, 9.17) is 5.84 Å². The summed E-state index contributed by atoms with van der Waals surface area (Å²) >= 11 is 0. The van der Waals surface area contributed by atoms with E-state index >= 15 is 0 Å². The third kappa shape index (κ3) is 2.50. The lowest BCUT2D eigenvalue weighted by molar-refractivity contribution is 0.0175. The van der Waals surface area contributed by atoms with E-state index in [1.807, 2.05) is 0 Å². The van der Waals surface area contributed by atoms with Gasteiger partial charge in [-0.15, -0.1) is 0 Å². The number of rotatable bonds is 2. The number of nitrogens with two attached hydrogens (primary N) is 1. The Hall–Kier alpha value is -1.45. The Morgan fingerprint density at radius 2 is 1.85 bits per heavy atom. The van der Waals surface area contributed by atoms with Gasteiger partial charge in [-0.05, 0) is 5.56 Å². The molecule has 13 heavy (non-hydrogen) atoms. The van der Waals surface area contributed by atoms with Crippen LogP contribution < -0.4 is 5.84 Å². The largest absolute Gasteiger partial charge is 0.323 e. The minimum Gasteiger partial charge on any atom is -0.323 e. The number of halogens is 2. The van der Waals surface area contributed by atoms with Gasteiger partial charge >= 0.3 is 0 Å². The first-order chi connectivity index (χ1) is 6.04. The van der Waals surface area contributed by atoms with Crippen LogP contribution in [0.15, 0.2) is 29.4 Å². The van der Waals surface area contributed by atoms with Crippen molar-refractivity contribution in [2.75, 3.05) is 0 Å². The van der Waals surface area contributed by atoms with Gasteiger partial charge in [0.2, 0.25) is 0 Å². The summed E-state index contributed by atoms with van der Waals surface area (Å²) < 4.78 is 25.4. The fourth-order valence-corrected chi connectivity index (χ4v) is 0.948. The molecule has 70 valence electrons. The van der Waals surface area contributed by atoms with Crippen LogP contribution in [0.25, 0.3) is 0 Å². The van der Waals surface area contributed by atoms with Gasteiger partial charge in [0, 0.05) is 12.5 Å². The molecule has 0 saturated heterocycles. The van der Waals surface area contributed by atoms with Gasteiger partial charge in [-0.2, -0.15) is 5.10 Å². The summed E-state index contributed by atoms with van der Waals surface area (Å²) in [5.74, 6) is 2.11. The highest BCUT2D eigenvalue weighted by Crippen LogP contribution is 2.26. The Morgan fingerprint density at radius 3 is 2.23 bits per heavy atom. The number of hydrazone groups is 1. The number of hydrogen-bond donors (Lipinski definition) is 1. The predicted octanol–water partition coefficient (Wildman–Crippen LogP) is 2.09. The molecule has 0 aromatic heterocycles. The van der Waals surface area contributed by atoms with E-state index in [9.17, 15) is 8.78 Å². The summed E-state index contributed by atoms with van der Waals surface area (Å²) in [6.07, 6.45) is 1.40. The molecule has 0 atom stereocenters. The first-order valence-electron chi connectivity index (χ1n) is 3.75. The first kappa shape index (κ1) is 9.64. The molecule has 2 N–H and O–H groups in total. The summed E-state index contributed by atoms with van der Waals surface area (Å²) in [7, 11) is 0. The maximum absolute atomic E-state index is 12.7. The molecule has 1 aromatic rings. The fourth-order valence-electron chi connectivity index (χ4n) is 0.948. The highest BCUT2D eigenvalue weighted by molar-refractivity contribution is 5.79. The van der Waals surface area contributed by atoms with Crippen LogP contribution in [-0.2, 0) is 5.92 Å². The van der Waals surface area contributed by atoms with Gasteiger partial charge in [0.25, 0.3) is 5.92 Å². The van der Waals surface area contributed by atoms with Crippen LogP contribution in [0.2, 0.25) is 0 Å². The second kappa shape index (κ2) is 3.51. The Morgan fingerprint density at radius 1 is 1.31 bits per heavy atom. The third-order valence-electron chi connectivity index (χ3n) is 1.64. The molecular weight excluding hydrogens is 174 g/mol. The molecule has 2 nitrogen and oxygen atoms in total. The smallest absolute Gasteiger partial charge is 0.270 e. The van der Waals surface area contributed by atoms with E-state index < -0.39 is 5.92 Å². The summed E-state index contributed by atoms with van der Waals surface area (Å²) in [6, 6.07) is 5.81. The molecule has 0 amide bonds. The monoisotopic (exact) mass is 184 g/mol. The van der Waals surface area contributed by atoms with E-state index in [0.717, 1.165) is 6.92 Å². The lowest BCUT2D eigenvalue weighted by Gasteiger charge is -2.09. The van der Waals surface area contributed by atoms with Crippen molar-refractivity contribution >= 4 is 6.21 Å². The van der Waals surface area contributed by atoms with E-state index in [-0.39, 0.29) is 5.56 Å². The highest BCUT2D eigenvalue weighted by atomic mass is 19.3. The molecule has 0 aliphatic carbocycles. The van der Waals surface area contributed by atoms with Crippen LogP contribution in [-0.4, -0.2) is 6.21 Å². The van der Waals surface area contributed by atoms with Crippen molar-refractivity contribution in [3.8, 4) is 0 Å². The molecule has 0 unspecified atom stereocenters. The summed E-state index contributed by atoms with van der Waals surface area (Å²) in [4.78, 5) is 0. The van der Waals surface area contributed by atoms with Gasteiger partial charge < -0.3 is 5.84 Å². The average molecular weight is 184 g/mol. The molecular formula is C9H10F2N2. The molecule has 0 bridgehead atoms. The molecule has 0 aliphatic rings. The van der Waals surface area contributed by atoms with Gasteiger partial charge in [0.15, 0.2) is 0 Å². The molecule has 0 spiro atoms. The topological polar surface area (TPSA) is 38.4 Å². The normalized spacial score (nSPS) is 12.2. The zero-order chi connectivity index (χ0) is 9.90. The molecule has 1 rings (SSSR count). The molecule has 0 aliphatic heterocycles. The Labute approximate surface area is 75.1 Å². The molecule has 4 heteroatoms. The van der Waals surface area contributed by atoms with Crippen molar-refractivity contribution in [3.63, 3.8) is 0 Å². The van der Waals surface area contributed by atoms with Crippen molar-refractivity contribution in [2.45, 2.75) is 12.8 Å². The van der Waals surface area contributed by atoms with E-state index in [2.05, 4.69) is 5.10 Å². The van der Waals surface area contributed by atoms with Gasteiger partial charge in [0.05, 0.1) is 6.21 Å². The highest BCUT2D eigenvalue weighted by Gasteiger charge is 2.23. The predicted molar refractivity (Wildman–Crippen MR) is 47.8 cm³/mol. The number of hydrogen-bond acceptors (Lipinski definition) is 2. The minimum atomic E-state index is -2.79. The van der Waals surface area contributed by atoms with Gasteiger partial charge in [-0.25, -0.2) is 8.78 Å². The van der Waals surface area contributed by atoms with E-state index in [1.54, 1.807) is 12.1 Å². The van der Waals surface area contributed by atoms with Gasteiger partial charge in [-0.3, -0.25) is 0 Å². The standard InChI is InChI=1S/C9H10F2N2/c1-9(10,11)8-4-2-7(3-5-8)6-13-12/h2-6H,12H2,1H3. The van der Waals surface area contributed by atoms with Crippen LogP contribution in [0.1, 0.15) is 18.1 Å². The van der Waals surface area contributed by atoms with Gasteiger partial charge in [-0.1, -0.05) is 24.3 Å². The number of nitrogens with zero attached hydrogens (tertiary/aromatic N) is 1. The Balaban J connectivity index is 2.94. The zero-order valence-electron chi connectivity index (χ0n) is 7.17. The van der Waals surface area contributed by atoms with Crippen molar-refractivity contribution in [2.24, 2.45) is 10.9 Å².